The molecule has 2 heterocycles. The van der Waals surface area contributed by atoms with Gasteiger partial charge in [0.15, 0.2) is 11.6 Å². The molecule has 0 bridgehead atoms. The number of carbonyl (C=O) groups excluding carboxylic acids is 2. The minimum atomic E-state index is -0.858. The van der Waals surface area contributed by atoms with E-state index < -0.39 is 17.6 Å². The number of pyridine rings is 2. The molecule has 0 saturated heterocycles. The predicted octanol–water partition coefficient (Wildman–Crippen LogP) is 3.41. The Morgan fingerprint density at radius 3 is 2.47 bits per heavy atom. The second-order valence-corrected chi connectivity index (χ2v) is 8.89. The monoisotopic (exact) mass is 523 g/mol. The lowest BCUT2D eigenvalue weighted by Crippen LogP contribution is -2.43. The van der Waals surface area contributed by atoms with Crippen LogP contribution in [0.4, 0.5) is 27.4 Å². The van der Waals surface area contributed by atoms with Gasteiger partial charge in [0.25, 0.3) is 11.8 Å². The van der Waals surface area contributed by atoms with E-state index in [2.05, 4.69) is 25.9 Å². The Labute approximate surface area is 219 Å². The molecule has 7 N–H and O–H groups in total. The van der Waals surface area contributed by atoms with Gasteiger partial charge in [0, 0.05) is 18.2 Å². The van der Waals surface area contributed by atoms with Crippen molar-refractivity contribution in [1.82, 2.24) is 9.97 Å². The highest BCUT2D eigenvalue weighted by Crippen LogP contribution is 2.28. The lowest BCUT2D eigenvalue weighted by Gasteiger charge is -2.30. The van der Waals surface area contributed by atoms with Crippen LogP contribution in [0.2, 0.25) is 0 Å². The van der Waals surface area contributed by atoms with Gasteiger partial charge in [-0.3, -0.25) is 14.6 Å². The van der Waals surface area contributed by atoms with Crippen LogP contribution in [0.3, 0.4) is 0 Å². The van der Waals surface area contributed by atoms with Gasteiger partial charge in [-0.05, 0) is 37.1 Å². The standard InChI is InChI=1S/C26H30FN7O4/c1-37-16-7-8-17(22(10-16)38-2)26(36)32-15-9-14(12-30-13-15)31-24-18(23(29)35)11-19(27)25(34-24)33-21-6-4-3-5-20(21)28/h7-13,20-21H,3-6,28H2,1-2H3,(H2,29,35)(H,32,36)(H2,31,33,34). The smallest absolute Gasteiger partial charge is 0.259 e. The summed E-state index contributed by atoms with van der Waals surface area (Å²) in [6, 6.07) is 7.16. The van der Waals surface area contributed by atoms with E-state index in [9.17, 15) is 14.0 Å². The molecule has 200 valence electrons. The predicted molar refractivity (Wildman–Crippen MR) is 142 cm³/mol. The highest BCUT2D eigenvalue weighted by molar-refractivity contribution is 6.06. The van der Waals surface area contributed by atoms with E-state index in [1.54, 1.807) is 24.3 Å². The van der Waals surface area contributed by atoms with Gasteiger partial charge in [-0.15, -0.1) is 0 Å². The van der Waals surface area contributed by atoms with Crippen molar-refractivity contribution in [2.24, 2.45) is 11.5 Å². The third-order valence-electron chi connectivity index (χ3n) is 6.30. The Kier molecular flexibility index (Phi) is 8.22. The Morgan fingerprint density at radius 2 is 1.76 bits per heavy atom. The Balaban J connectivity index is 1.56. The van der Waals surface area contributed by atoms with Crippen LogP contribution in [0.15, 0.2) is 42.7 Å². The lowest BCUT2D eigenvalue weighted by molar-refractivity contribution is 0.0997. The molecule has 38 heavy (non-hydrogen) atoms. The number of amides is 2. The average Bonchev–Trinajstić information content (AvgIpc) is 2.91. The first kappa shape index (κ1) is 26.6. The SMILES string of the molecule is COc1ccc(C(=O)Nc2cncc(Nc3nc(NC4CCCCC4N)c(F)cc3C(N)=O)c2)c(OC)c1. The molecule has 0 aliphatic heterocycles. The zero-order chi connectivity index (χ0) is 27.2. The summed E-state index contributed by atoms with van der Waals surface area (Å²) in [5.74, 6) is -1.13. The molecule has 4 rings (SSSR count). The molecular formula is C26H30FN7O4. The first-order valence-corrected chi connectivity index (χ1v) is 12.1. The third-order valence-corrected chi connectivity index (χ3v) is 6.30. The number of nitrogens with two attached hydrogens (primary N) is 2. The zero-order valence-corrected chi connectivity index (χ0v) is 21.1. The number of hydrogen-bond donors (Lipinski definition) is 5. The van der Waals surface area contributed by atoms with Crippen LogP contribution < -0.4 is 36.9 Å². The first-order chi connectivity index (χ1) is 18.3. The summed E-state index contributed by atoms with van der Waals surface area (Å²) in [6.07, 6.45) is 6.52. The van der Waals surface area contributed by atoms with E-state index in [-0.39, 0.29) is 29.3 Å². The third kappa shape index (κ3) is 6.09. The maximum Gasteiger partial charge on any atom is 0.259 e. The van der Waals surface area contributed by atoms with Gasteiger partial charge >= 0.3 is 0 Å². The molecule has 1 aliphatic rings. The lowest BCUT2D eigenvalue weighted by atomic mass is 9.91. The minimum Gasteiger partial charge on any atom is -0.497 e. The second kappa shape index (κ2) is 11.7. The highest BCUT2D eigenvalue weighted by Gasteiger charge is 2.24. The number of benzene rings is 1. The van der Waals surface area contributed by atoms with Crippen LogP contribution >= 0.6 is 0 Å². The van der Waals surface area contributed by atoms with Crippen LogP contribution in [0, 0.1) is 5.82 Å². The fourth-order valence-corrected chi connectivity index (χ4v) is 4.29. The number of methoxy groups -OCH3 is 2. The number of aromatic nitrogens is 2. The largest absolute Gasteiger partial charge is 0.497 e. The molecule has 2 aromatic heterocycles. The van der Waals surface area contributed by atoms with Gasteiger partial charge in [0.05, 0.1) is 49.1 Å². The van der Waals surface area contributed by atoms with Gasteiger partial charge in [-0.2, -0.15) is 0 Å². The number of nitrogens with zero attached hydrogens (tertiary/aromatic N) is 2. The molecule has 11 nitrogen and oxygen atoms in total. The van der Waals surface area contributed by atoms with Crippen molar-refractivity contribution in [2.75, 3.05) is 30.2 Å². The van der Waals surface area contributed by atoms with E-state index in [1.807, 2.05) is 0 Å². The molecular weight excluding hydrogens is 493 g/mol. The number of anilines is 4. The second-order valence-electron chi connectivity index (χ2n) is 8.89. The number of halogens is 1. The van der Waals surface area contributed by atoms with E-state index in [1.165, 1.54) is 26.6 Å². The molecule has 0 spiro atoms. The molecule has 1 saturated carbocycles. The maximum absolute atomic E-state index is 14.8. The number of hydrogen-bond acceptors (Lipinski definition) is 9. The van der Waals surface area contributed by atoms with Crippen molar-refractivity contribution < 1.29 is 23.5 Å². The number of ether oxygens (including phenoxy) is 2. The number of nitrogens with one attached hydrogen (secondary N) is 3. The highest BCUT2D eigenvalue weighted by atomic mass is 19.1. The Bertz CT molecular complexity index is 1340. The van der Waals surface area contributed by atoms with Crippen LogP contribution in [0.1, 0.15) is 46.4 Å². The molecule has 1 aromatic carbocycles. The topological polar surface area (TPSA) is 167 Å². The Morgan fingerprint density at radius 1 is 1.00 bits per heavy atom. The van der Waals surface area contributed by atoms with Gasteiger partial charge in [0.2, 0.25) is 0 Å². The van der Waals surface area contributed by atoms with Crippen molar-refractivity contribution in [3.63, 3.8) is 0 Å². The van der Waals surface area contributed by atoms with Gasteiger partial charge in [-0.25, -0.2) is 9.37 Å². The number of carbonyl (C=O) groups is 2. The molecule has 2 amide bonds. The molecule has 2 atom stereocenters. The molecule has 1 fully saturated rings. The molecule has 2 unspecified atom stereocenters. The van der Waals surface area contributed by atoms with Crippen LogP contribution in [0.5, 0.6) is 11.5 Å². The molecule has 12 heteroatoms. The van der Waals surface area contributed by atoms with E-state index in [4.69, 9.17) is 20.9 Å². The quantitative estimate of drug-likeness (QED) is 0.282. The van der Waals surface area contributed by atoms with E-state index in [0.29, 0.717) is 28.4 Å². The van der Waals surface area contributed by atoms with Crippen molar-refractivity contribution in [2.45, 2.75) is 37.8 Å². The van der Waals surface area contributed by atoms with Gasteiger partial charge in [-0.1, -0.05) is 12.8 Å². The normalized spacial score (nSPS) is 16.8. The zero-order valence-electron chi connectivity index (χ0n) is 21.1. The summed E-state index contributed by atoms with van der Waals surface area (Å²) in [6.45, 7) is 0. The summed E-state index contributed by atoms with van der Waals surface area (Å²) in [7, 11) is 2.97. The van der Waals surface area contributed by atoms with Crippen molar-refractivity contribution >= 4 is 34.8 Å². The van der Waals surface area contributed by atoms with Crippen LogP contribution in [-0.2, 0) is 0 Å². The molecule has 3 aromatic rings. The first-order valence-electron chi connectivity index (χ1n) is 12.1. The van der Waals surface area contributed by atoms with E-state index >= 15 is 0 Å². The van der Waals surface area contributed by atoms with Crippen molar-refractivity contribution in [1.29, 1.82) is 0 Å². The number of rotatable bonds is 9. The maximum atomic E-state index is 14.8. The van der Waals surface area contributed by atoms with Crippen LogP contribution in [-0.4, -0.2) is 48.1 Å². The van der Waals surface area contributed by atoms with Crippen molar-refractivity contribution in [3.05, 3.63) is 59.7 Å². The Hall–Kier alpha value is -4.45. The summed E-state index contributed by atoms with van der Waals surface area (Å²) in [5, 5.41) is 8.78. The summed E-state index contributed by atoms with van der Waals surface area (Å²) >= 11 is 0. The molecule has 1 aliphatic carbocycles. The minimum absolute atomic E-state index is 0.0351. The van der Waals surface area contributed by atoms with Crippen LogP contribution in [0.25, 0.3) is 0 Å². The summed E-state index contributed by atoms with van der Waals surface area (Å²) in [5.41, 5.74) is 12.6. The number of primary amides is 1. The fourth-order valence-electron chi connectivity index (χ4n) is 4.29. The van der Waals surface area contributed by atoms with E-state index in [0.717, 1.165) is 31.7 Å². The summed E-state index contributed by atoms with van der Waals surface area (Å²) < 4.78 is 25.3. The summed E-state index contributed by atoms with van der Waals surface area (Å²) in [4.78, 5) is 33.4. The van der Waals surface area contributed by atoms with Gasteiger partial charge < -0.3 is 36.9 Å². The fraction of sp³-hybridized carbons (Fsp3) is 0.308. The van der Waals surface area contributed by atoms with Crippen molar-refractivity contribution in [3.8, 4) is 11.5 Å². The average molecular weight is 524 g/mol. The van der Waals surface area contributed by atoms with Gasteiger partial charge in [0.1, 0.15) is 17.3 Å². The molecule has 0 radical (unpaired) electrons.